The van der Waals surface area contributed by atoms with Crippen molar-refractivity contribution in [1.82, 2.24) is 4.57 Å². The average Bonchev–Trinajstić information content (AvgIpc) is 3.16. The molecule has 4 nitrogen and oxygen atoms in total. The Morgan fingerprint density at radius 3 is 2.06 bits per heavy atom. The van der Waals surface area contributed by atoms with Crippen LogP contribution in [-0.2, 0) is 23.3 Å². The molecule has 1 aromatic heterocycles. The summed E-state index contributed by atoms with van der Waals surface area (Å²) in [6.07, 6.45) is 4.65. The summed E-state index contributed by atoms with van der Waals surface area (Å²) in [5.74, 6) is 0.744. The van der Waals surface area contributed by atoms with Crippen molar-refractivity contribution in [3.05, 3.63) is 125 Å². The van der Waals surface area contributed by atoms with Crippen molar-refractivity contribution in [1.29, 1.82) is 0 Å². The molecule has 0 radical (unpaired) electrons. The van der Waals surface area contributed by atoms with E-state index in [0.29, 0.717) is 19.5 Å². The zero-order valence-electron chi connectivity index (χ0n) is 18.1. The molecule has 0 unspecified atom stereocenters. The first kappa shape index (κ1) is 21.8. The van der Waals surface area contributed by atoms with Gasteiger partial charge < -0.3 is 5.73 Å². The van der Waals surface area contributed by atoms with Gasteiger partial charge in [-0.1, -0.05) is 90.5 Å². The number of hydrogen-bond acceptors (Lipinski definition) is 1. The largest absolute Gasteiger partial charge is 0.369 e. The summed E-state index contributed by atoms with van der Waals surface area (Å²) in [4.78, 5) is 13.0. The van der Waals surface area contributed by atoms with Gasteiger partial charge in [-0.3, -0.25) is 4.79 Å². The highest BCUT2D eigenvalue weighted by atomic mass is 35.5. The van der Waals surface area contributed by atoms with Gasteiger partial charge >= 0.3 is 0 Å². The summed E-state index contributed by atoms with van der Waals surface area (Å²) < 4.78 is 4.33. The Labute approximate surface area is 193 Å². The molecule has 0 bridgehead atoms. The molecule has 0 aliphatic carbocycles. The van der Waals surface area contributed by atoms with E-state index in [1.165, 1.54) is 0 Å². The van der Waals surface area contributed by atoms with E-state index < -0.39 is 5.41 Å². The molecule has 4 rings (SSSR count). The minimum Gasteiger partial charge on any atom is -0.369 e. The fourth-order valence-electron chi connectivity index (χ4n) is 4.35. The second kappa shape index (κ2) is 9.41. The fourth-order valence-corrected chi connectivity index (χ4v) is 4.55. The highest BCUT2D eigenvalue weighted by Crippen LogP contribution is 2.36. The molecule has 32 heavy (non-hydrogen) atoms. The lowest BCUT2D eigenvalue weighted by atomic mass is 9.71. The van der Waals surface area contributed by atoms with Crippen molar-refractivity contribution in [3.63, 3.8) is 0 Å². The van der Waals surface area contributed by atoms with Crippen molar-refractivity contribution in [2.45, 2.75) is 31.8 Å². The second-order valence-corrected chi connectivity index (χ2v) is 8.42. The van der Waals surface area contributed by atoms with Gasteiger partial charge in [-0.15, -0.1) is 0 Å². The van der Waals surface area contributed by atoms with Crippen LogP contribution in [0.2, 0.25) is 5.02 Å². The van der Waals surface area contributed by atoms with Crippen molar-refractivity contribution in [2.75, 3.05) is 0 Å². The summed E-state index contributed by atoms with van der Waals surface area (Å²) in [7, 11) is 0. The van der Waals surface area contributed by atoms with E-state index in [9.17, 15) is 4.79 Å². The van der Waals surface area contributed by atoms with Crippen molar-refractivity contribution in [2.24, 2.45) is 5.73 Å². The highest BCUT2D eigenvalue weighted by molar-refractivity contribution is 6.31. The molecular formula is C27H27ClN3O+. The SMILES string of the molecule is Cc1n(CCC(C(N)=O)(c2ccccc2)c2ccccc2)cc[n+]1Cc1ccccc1Cl. The number of benzene rings is 3. The van der Waals surface area contributed by atoms with E-state index >= 15 is 0 Å². The minimum atomic E-state index is -0.910. The van der Waals surface area contributed by atoms with E-state index in [1.807, 2.05) is 91.1 Å². The summed E-state index contributed by atoms with van der Waals surface area (Å²) in [6, 6.07) is 27.5. The molecule has 0 saturated heterocycles. The van der Waals surface area contributed by atoms with Gasteiger partial charge in [0.25, 0.3) is 5.82 Å². The first-order valence-electron chi connectivity index (χ1n) is 10.7. The van der Waals surface area contributed by atoms with E-state index in [2.05, 4.69) is 22.3 Å². The maximum atomic E-state index is 13.0. The number of amides is 1. The molecule has 5 heteroatoms. The number of rotatable bonds is 8. The molecule has 4 aromatic rings. The molecule has 3 aromatic carbocycles. The van der Waals surface area contributed by atoms with E-state index in [-0.39, 0.29) is 5.91 Å². The van der Waals surface area contributed by atoms with Crippen LogP contribution >= 0.6 is 11.6 Å². The number of nitrogens with two attached hydrogens (primary N) is 1. The van der Waals surface area contributed by atoms with Crippen LogP contribution in [0, 0.1) is 6.92 Å². The number of nitrogens with zero attached hydrogens (tertiary/aromatic N) is 2. The zero-order valence-corrected chi connectivity index (χ0v) is 18.9. The third kappa shape index (κ3) is 4.19. The first-order chi connectivity index (χ1) is 15.5. The van der Waals surface area contributed by atoms with Gasteiger partial charge in [0, 0.05) is 23.9 Å². The quantitative estimate of drug-likeness (QED) is 0.395. The van der Waals surface area contributed by atoms with Crippen molar-refractivity contribution >= 4 is 17.5 Å². The van der Waals surface area contributed by atoms with Crippen LogP contribution in [0.15, 0.2) is 97.3 Å². The summed E-state index contributed by atoms with van der Waals surface area (Å²) in [5, 5.41) is 0.757. The van der Waals surface area contributed by atoms with Crippen LogP contribution in [-0.4, -0.2) is 10.5 Å². The smallest absolute Gasteiger partial charge is 0.253 e. The zero-order chi connectivity index (χ0) is 22.6. The highest BCUT2D eigenvalue weighted by Gasteiger charge is 2.40. The molecule has 0 aliphatic rings. The van der Waals surface area contributed by atoms with Gasteiger partial charge in [-0.2, -0.15) is 0 Å². The number of carbonyl (C=O) groups excluding carboxylic acids is 1. The number of hydrogen-bond donors (Lipinski definition) is 1. The fraction of sp³-hybridized carbons (Fsp3) is 0.185. The number of carbonyl (C=O) groups is 1. The molecule has 0 saturated carbocycles. The van der Waals surface area contributed by atoms with Gasteiger partial charge in [0.2, 0.25) is 5.91 Å². The molecule has 0 atom stereocenters. The normalized spacial score (nSPS) is 11.4. The van der Waals surface area contributed by atoms with Crippen LogP contribution in [0.3, 0.4) is 0 Å². The van der Waals surface area contributed by atoms with Gasteiger partial charge in [0.05, 0.1) is 6.54 Å². The average molecular weight is 445 g/mol. The Hall–Kier alpha value is -3.37. The number of primary amides is 1. The number of imidazole rings is 1. The van der Waals surface area contributed by atoms with Crippen molar-refractivity contribution < 1.29 is 9.36 Å². The van der Waals surface area contributed by atoms with Gasteiger partial charge in [0.15, 0.2) is 0 Å². The van der Waals surface area contributed by atoms with Crippen molar-refractivity contribution in [3.8, 4) is 0 Å². The monoisotopic (exact) mass is 444 g/mol. The topological polar surface area (TPSA) is 51.9 Å². The van der Waals surface area contributed by atoms with Gasteiger partial charge in [-0.25, -0.2) is 9.13 Å². The maximum absolute atomic E-state index is 13.0. The predicted octanol–water partition coefficient (Wildman–Crippen LogP) is 4.65. The maximum Gasteiger partial charge on any atom is 0.253 e. The first-order valence-corrected chi connectivity index (χ1v) is 11.1. The minimum absolute atomic E-state index is 0.344. The van der Waals surface area contributed by atoms with Crippen LogP contribution < -0.4 is 10.3 Å². The standard InChI is InChI=1S/C27H26ClN3O/c1-21-30(18-19-31(21)20-22-10-8-9-15-25(22)28)17-16-27(26(29)32,23-11-4-2-5-12-23)24-13-6-3-7-14-24/h2-15,18-19H,16-17,20H2,1H3,(H-,29,32)/p+1. The van der Waals surface area contributed by atoms with Crippen LogP contribution in [0.25, 0.3) is 0 Å². The summed E-state index contributed by atoms with van der Waals surface area (Å²) in [5.41, 5.74) is 8.07. The molecule has 1 amide bonds. The van der Waals surface area contributed by atoms with Gasteiger partial charge in [0.1, 0.15) is 24.4 Å². The van der Waals surface area contributed by atoms with Crippen LogP contribution in [0.5, 0.6) is 0 Å². The lowest BCUT2D eigenvalue weighted by molar-refractivity contribution is -0.694. The van der Waals surface area contributed by atoms with Gasteiger partial charge in [-0.05, 0) is 17.2 Å². The molecule has 0 fully saturated rings. The lowest BCUT2D eigenvalue weighted by Crippen LogP contribution is -2.43. The Bertz CT molecular complexity index is 1160. The summed E-state index contributed by atoms with van der Waals surface area (Å²) in [6.45, 7) is 3.42. The Balaban J connectivity index is 1.66. The third-order valence-corrected chi connectivity index (χ3v) is 6.61. The van der Waals surface area contributed by atoms with E-state index in [0.717, 1.165) is 27.5 Å². The molecule has 0 spiro atoms. The molecule has 0 aliphatic heterocycles. The molecular weight excluding hydrogens is 418 g/mol. The van der Waals surface area contributed by atoms with E-state index in [4.69, 9.17) is 17.3 Å². The van der Waals surface area contributed by atoms with Crippen LogP contribution in [0.4, 0.5) is 0 Å². The number of aromatic nitrogens is 2. The third-order valence-electron chi connectivity index (χ3n) is 6.24. The molecule has 2 N–H and O–H groups in total. The Morgan fingerprint density at radius 1 is 0.938 bits per heavy atom. The molecule has 1 heterocycles. The predicted molar refractivity (Wildman–Crippen MR) is 127 cm³/mol. The van der Waals surface area contributed by atoms with Crippen LogP contribution in [0.1, 0.15) is 28.9 Å². The lowest BCUT2D eigenvalue weighted by Gasteiger charge is -2.31. The number of aryl methyl sites for hydroxylation is 1. The Kier molecular flexibility index (Phi) is 6.42. The second-order valence-electron chi connectivity index (χ2n) is 8.01. The summed E-state index contributed by atoms with van der Waals surface area (Å²) >= 11 is 6.35. The van der Waals surface area contributed by atoms with E-state index in [1.54, 1.807) is 0 Å². The molecule has 162 valence electrons. The number of halogens is 1. The Morgan fingerprint density at radius 2 is 1.50 bits per heavy atom.